The van der Waals surface area contributed by atoms with E-state index < -0.39 is 8.07 Å². The van der Waals surface area contributed by atoms with Gasteiger partial charge in [-0.05, 0) is 54.6 Å². The van der Waals surface area contributed by atoms with Crippen molar-refractivity contribution in [1.82, 2.24) is 0 Å². The van der Waals surface area contributed by atoms with Crippen molar-refractivity contribution in [2.24, 2.45) is 0 Å². The highest BCUT2D eigenvalue weighted by Crippen LogP contribution is 2.45. The van der Waals surface area contributed by atoms with Gasteiger partial charge in [0.1, 0.15) is 0 Å². The summed E-state index contributed by atoms with van der Waals surface area (Å²) in [6.07, 6.45) is 0. The minimum atomic E-state index is -1.49. The van der Waals surface area contributed by atoms with Gasteiger partial charge in [0.2, 0.25) is 0 Å². The van der Waals surface area contributed by atoms with Crippen molar-refractivity contribution < 1.29 is 0 Å². The molecule has 164 valence electrons. The number of hydrogen-bond acceptors (Lipinski definition) is 0. The van der Waals surface area contributed by atoms with E-state index in [2.05, 4.69) is 135 Å². The highest BCUT2D eigenvalue weighted by Gasteiger charge is 2.21. The molecular formula is C33H28Si. The third-order valence-corrected chi connectivity index (χ3v) is 9.05. The summed E-state index contributed by atoms with van der Waals surface area (Å²) >= 11 is 0. The van der Waals surface area contributed by atoms with E-state index >= 15 is 0 Å². The van der Waals surface area contributed by atoms with Gasteiger partial charge >= 0.3 is 0 Å². The van der Waals surface area contributed by atoms with Crippen LogP contribution in [0.1, 0.15) is 0 Å². The van der Waals surface area contributed by atoms with Crippen LogP contribution in [-0.2, 0) is 0 Å². The van der Waals surface area contributed by atoms with Gasteiger partial charge in [-0.3, -0.25) is 0 Å². The standard InChI is InChI=1S/C33H28Si/c1-34(2,3)25-20-21-30-31(22-25)33(27-19-11-15-23-12-7-8-16-26(23)27)29-18-10-9-17-28(29)32(30)24-13-5-4-6-14-24/h4-22H,1-3H3. The fourth-order valence-electron chi connectivity index (χ4n) is 5.29. The quantitative estimate of drug-likeness (QED) is 0.186. The summed E-state index contributed by atoms with van der Waals surface area (Å²) in [5.74, 6) is 0. The van der Waals surface area contributed by atoms with Crippen molar-refractivity contribution in [2.75, 3.05) is 0 Å². The molecule has 0 heterocycles. The van der Waals surface area contributed by atoms with Crippen molar-refractivity contribution in [3.63, 3.8) is 0 Å². The van der Waals surface area contributed by atoms with E-state index in [1.807, 2.05) is 0 Å². The van der Waals surface area contributed by atoms with Crippen LogP contribution in [0.5, 0.6) is 0 Å². The molecule has 0 aliphatic rings. The van der Waals surface area contributed by atoms with Gasteiger partial charge < -0.3 is 0 Å². The fourth-order valence-corrected chi connectivity index (χ4v) is 6.45. The van der Waals surface area contributed by atoms with Crippen molar-refractivity contribution in [2.45, 2.75) is 19.6 Å². The lowest BCUT2D eigenvalue weighted by Gasteiger charge is -2.22. The van der Waals surface area contributed by atoms with Gasteiger partial charge in [0.05, 0.1) is 8.07 Å². The highest BCUT2D eigenvalue weighted by atomic mass is 28.3. The normalized spacial score (nSPS) is 12.0. The molecule has 0 fully saturated rings. The zero-order valence-corrected chi connectivity index (χ0v) is 21.0. The van der Waals surface area contributed by atoms with E-state index in [1.165, 1.54) is 59.8 Å². The van der Waals surface area contributed by atoms with Crippen LogP contribution in [0.3, 0.4) is 0 Å². The van der Waals surface area contributed by atoms with Crippen molar-refractivity contribution in [3.05, 3.63) is 115 Å². The maximum Gasteiger partial charge on any atom is 0.0776 e. The summed E-state index contributed by atoms with van der Waals surface area (Å²) in [4.78, 5) is 0. The monoisotopic (exact) mass is 452 g/mol. The molecular weight excluding hydrogens is 424 g/mol. The van der Waals surface area contributed by atoms with Crippen molar-refractivity contribution in [3.8, 4) is 22.3 Å². The zero-order valence-electron chi connectivity index (χ0n) is 20.0. The molecule has 6 aromatic rings. The third-order valence-electron chi connectivity index (χ3n) is 7.01. The Balaban J connectivity index is 1.86. The second-order valence-corrected chi connectivity index (χ2v) is 15.3. The summed E-state index contributed by atoms with van der Waals surface area (Å²) in [6, 6.07) is 42.6. The Hall–Kier alpha value is -3.68. The van der Waals surface area contributed by atoms with E-state index in [9.17, 15) is 0 Å². The molecule has 0 atom stereocenters. The lowest BCUT2D eigenvalue weighted by molar-refractivity contribution is 1.66. The maximum absolute atomic E-state index is 2.50. The average Bonchev–Trinajstić information content (AvgIpc) is 2.86. The first kappa shape index (κ1) is 20.9. The Morgan fingerprint density at radius 2 is 1.03 bits per heavy atom. The Bertz CT molecular complexity index is 1670. The number of fused-ring (bicyclic) bond motifs is 3. The second-order valence-electron chi connectivity index (χ2n) is 10.2. The Morgan fingerprint density at radius 3 is 1.76 bits per heavy atom. The Morgan fingerprint density at radius 1 is 0.441 bits per heavy atom. The van der Waals surface area contributed by atoms with Gasteiger partial charge in [0.25, 0.3) is 0 Å². The van der Waals surface area contributed by atoms with Crippen LogP contribution in [0.25, 0.3) is 54.6 Å². The van der Waals surface area contributed by atoms with E-state index in [0.717, 1.165) is 0 Å². The first-order chi connectivity index (χ1) is 16.5. The topological polar surface area (TPSA) is 0 Å². The molecule has 0 aliphatic heterocycles. The second kappa shape index (κ2) is 7.97. The molecule has 0 saturated carbocycles. The fraction of sp³-hybridized carbons (Fsp3) is 0.0909. The Kier molecular flexibility index (Phi) is 4.90. The van der Waals surface area contributed by atoms with Crippen molar-refractivity contribution >= 4 is 45.6 Å². The van der Waals surface area contributed by atoms with Crippen molar-refractivity contribution in [1.29, 1.82) is 0 Å². The van der Waals surface area contributed by atoms with Crippen LogP contribution in [0.2, 0.25) is 19.6 Å². The lowest BCUT2D eigenvalue weighted by Crippen LogP contribution is -2.37. The largest absolute Gasteiger partial charge is 0.0776 e. The minimum Gasteiger partial charge on any atom is -0.0656 e. The molecule has 1 heteroatoms. The van der Waals surface area contributed by atoms with Crippen LogP contribution >= 0.6 is 0 Å². The summed E-state index contributed by atoms with van der Waals surface area (Å²) in [6.45, 7) is 7.31. The van der Waals surface area contributed by atoms with Gasteiger partial charge in [-0.25, -0.2) is 0 Å². The van der Waals surface area contributed by atoms with Gasteiger partial charge in [0, 0.05) is 0 Å². The predicted molar refractivity (Wildman–Crippen MR) is 153 cm³/mol. The van der Waals surface area contributed by atoms with Gasteiger partial charge in [-0.15, -0.1) is 0 Å². The van der Waals surface area contributed by atoms with Crippen LogP contribution in [0.4, 0.5) is 0 Å². The van der Waals surface area contributed by atoms with Crippen LogP contribution in [0.15, 0.2) is 115 Å². The Labute approximate surface area is 202 Å². The molecule has 34 heavy (non-hydrogen) atoms. The molecule has 0 nitrogen and oxygen atoms in total. The molecule has 0 radical (unpaired) electrons. The summed E-state index contributed by atoms with van der Waals surface area (Å²) < 4.78 is 0. The zero-order chi connectivity index (χ0) is 23.3. The molecule has 0 N–H and O–H groups in total. The van der Waals surface area contributed by atoms with Gasteiger partial charge in [-0.1, -0.05) is 140 Å². The van der Waals surface area contributed by atoms with Crippen LogP contribution in [0, 0.1) is 0 Å². The summed E-state index contributed by atoms with van der Waals surface area (Å²) in [5, 5.41) is 9.40. The molecule has 0 spiro atoms. The predicted octanol–water partition coefficient (Wildman–Crippen LogP) is 9.03. The van der Waals surface area contributed by atoms with Gasteiger partial charge in [-0.2, -0.15) is 0 Å². The van der Waals surface area contributed by atoms with E-state index in [4.69, 9.17) is 0 Å². The first-order valence-corrected chi connectivity index (χ1v) is 15.5. The van der Waals surface area contributed by atoms with E-state index in [1.54, 1.807) is 0 Å². The van der Waals surface area contributed by atoms with Gasteiger partial charge in [0.15, 0.2) is 0 Å². The lowest BCUT2D eigenvalue weighted by atomic mass is 9.85. The number of rotatable bonds is 3. The number of benzene rings is 6. The minimum absolute atomic E-state index is 1.27. The van der Waals surface area contributed by atoms with E-state index in [0.29, 0.717) is 0 Å². The third kappa shape index (κ3) is 3.36. The highest BCUT2D eigenvalue weighted by molar-refractivity contribution is 6.88. The smallest absolute Gasteiger partial charge is 0.0656 e. The first-order valence-electron chi connectivity index (χ1n) is 12.0. The molecule has 6 aromatic carbocycles. The van der Waals surface area contributed by atoms with Crippen LogP contribution < -0.4 is 5.19 Å². The van der Waals surface area contributed by atoms with E-state index in [-0.39, 0.29) is 0 Å². The maximum atomic E-state index is 2.50. The van der Waals surface area contributed by atoms with Crippen LogP contribution in [-0.4, -0.2) is 8.07 Å². The molecule has 0 aliphatic carbocycles. The molecule has 0 saturated heterocycles. The SMILES string of the molecule is C[Si](C)(C)c1ccc2c(-c3ccccc3)c3ccccc3c(-c3cccc4ccccc34)c2c1. The summed E-state index contributed by atoms with van der Waals surface area (Å²) in [7, 11) is -1.49. The number of hydrogen-bond donors (Lipinski definition) is 0. The summed E-state index contributed by atoms with van der Waals surface area (Å²) in [5.41, 5.74) is 5.26. The molecule has 6 rings (SSSR count). The molecule has 0 amide bonds. The molecule has 0 bridgehead atoms. The molecule has 0 unspecified atom stereocenters. The average molecular weight is 453 g/mol. The molecule has 0 aromatic heterocycles.